The number of allylic oxidation sites excluding steroid dienone is 1. The molecular weight excluding hydrogens is 296 g/mol. The molecule has 1 aromatic heterocycles. The molecule has 1 aromatic rings. The van der Waals surface area contributed by atoms with E-state index in [1.54, 1.807) is 12.1 Å². The van der Waals surface area contributed by atoms with Crippen molar-refractivity contribution in [1.29, 1.82) is 0 Å². The number of rotatable bonds is 6. The van der Waals surface area contributed by atoms with Crippen molar-refractivity contribution in [2.45, 2.75) is 44.6 Å². The standard InChI is InChI=1S/C17H24N2O4/c1-17(22,14-8-5-11-23-14)12-19-16(21)15(20)18-10-9-13-6-3-2-4-7-13/h5-6,8,11,22H,2-4,7,9-10,12H2,1H3,(H,18,20)(H,19,21)/t17-/m1/s1. The Labute approximate surface area is 135 Å². The van der Waals surface area contributed by atoms with Gasteiger partial charge in [-0.25, -0.2) is 0 Å². The van der Waals surface area contributed by atoms with Crippen molar-refractivity contribution in [2.24, 2.45) is 0 Å². The molecule has 0 saturated heterocycles. The average molecular weight is 320 g/mol. The van der Waals surface area contributed by atoms with Crippen molar-refractivity contribution < 1.29 is 19.1 Å². The maximum atomic E-state index is 11.8. The molecule has 0 bridgehead atoms. The van der Waals surface area contributed by atoms with Gasteiger partial charge >= 0.3 is 11.8 Å². The van der Waals surface area contributed by atoms with Crippen LogP contribution in [0, 0.1) is 0 Å². The minimum absolute atomic E-state index is 0.0993. The van der Waals surface area contributed by atoms with Gasteiger partial charge in [-0.05, 0) is 51.2 Å². The maximum absolute atomic E-state index is 11.8. The fourth-order valence-corrected chi connectivity index (χ4v) is 2.55. The van der Waals surface area contributed by atoms with Gasteiger partial charge in [0.1, 0.15) is 11.4 Å². The Kier molecular flexibility index (Phi) is 5.98. The van der Waals surface area contributed by atoms with Crippen molar-refractivity contribution in [2.75, 3.05) is 13.1 Å². The molecule has 1 aliphatic carbocycles. The molecule has 2 amide bonds. The Morgan fingerprint density at radius 2 is 2.09 bits per heavy atom. The lowest BCUT2D eigenvalue weighted by Crippen LogP contribution is -2.45. The summed E-state index contributed by atoms with van der Waals surface area (Å²) in [5.74, 6) is -1.10. The zero-order chi connectivity index (χ0) is 16.7. The van der Waals surface area contributed by atoms with Crippen molar-refractivity contribution >= 4 is 11.8 Å². The van der Waals surface area contributed by atoms with Gasteiger partial charge in [0.25, 0.3) is 0 Å². The van der Waals surface area contributed by atoms with Crippen molar-refractivity contribution in [1.82, 2.24) is 10.6 Å². The van der Waals surface area contributed by atoms with Gasteiger partial charge in [-0.15, -0.1) is 0 Å². The molecule has 1 aliphatic rings. The van der Waals surface area contributed by atoms with Crippen LogP contribution in [0.2, 0.25) is 0 Å². The fraction of sp³-hybridized carbons (Fsp3) is 0.529. The highest BCUT2D eigenvalue weighted by molar-refractivity contribution is 6.35. The smallest absolute Gasteiger partial charge is 0.309 e. The zero-order valence-electron chi connectivity index (χ0n) is 13.4. The summed E-state index contributed by atoms with van der Waals surface area (Å²) in [7, 11) is 0. The molecule has 0 aromatic carbocycles. The van der Waals surface area contributed by atoms with Gasteiger partial charge in [0.2, 0.25) is 0 Å². The van der Waals surface area contributed by atoms with Gasteiger partial charge in [0.15, 0.2) is 0 Å². The molecule has 0 spiro atoms. The van der Waals surface area contributed by atoms with E-state index in [2.05, 4.69) is 16.7 Å². The summed E-state index contributed by atoms with van der Waals surface area (Å²) >= 11 is 0. The Morgan fingerprint density at radius 3 is 2.74 bits per heavy atom. The molecule has 3 N–H and O–H groups in total. The van der Waals surface area contributed by atoms with E-state index in [1.165, 1.54) is 31.6 Å². The molecule has 0 unspecified atom stereocenters. The minimum Gasteiger partial charge on any atom is -0.466 e. The van der Waals surface area contributed by atoms with Crippen LogP contribution in [0.1, 0.15) is 44.8 Å². The Morgan fingerprint density at radius 1 is 1.30 bits per heavy atom. The van der Waals surface area contributed by atoms with Crippen LogP contribution >= 0.6 is 0 Å². The first-order valence-corrected chi connectivity index (χ1v) is 7.99. The Bertz CT molecular complexity index is 561. The molecule has 1 atom stereocenters. The molecule has 6 heteroatoms. The number of amides is 2. The molecule has 0 aliphatic heterocycles. The molecule has 126 valence electrons. The van der Waals surface area contributed by atoms with E-state index in [9.17, 15) is 14.7 Å². The molecule has 1 heterocycles. The van der Waals surface area contributed by atoms with E-state index in [-0.39, 0.29) is 6.54 Å². The second-order valence-corrected chi connectivity index (χ2v) is 6.05. The molecule has 6 nitrogen and oxygen atoms in total. The van der Waals surface area contributed by atoms with Crippen LogP contribution in [-0.2, 0) is 15.2 Å². The van der Waals surface area contributed by atoms with Gasteiger partial charge in [0.05, 0.1) is 12.8 Å². The number of hydrogen-bond acceptors (Lipinski definition) is 4. The third-order valence-electron chi connectivity index (χ3n) is 3.97. The summed E-state index contributed by atoms with van der Waals surface area (Å²) in [6.07, 6.45) is 9.05. The first-order chi connectivity index (χ1) is 11.0. The average Bonchev–Trinajstić information content (AvgIpc) is 3.09. The normalized spacial score (nSPS) is 17.0. The summed E-state index contributed by atoms with van der Waals surface area (Å²) < 4.78 is 5.12. The van der Waals surface area contributed by atoms with Crippen molar-refractivity contribution in [3.8, 4) is 0 Å². The number of hydrogen-bond donors (Lipinski definition) is 3. The van der Waals surface area contributed by atoms with E-state index in [0.717, 1.165) is 19.3 Å². The number of nitrogens with one attached hydrogen (secondary N) is 2. The van der Waals surface area contributed by atoms with Crippen molar-refractivity contribution in [3.05, 3.63) is 35.8 Å². The van der Waals surface area contributed by atoms with Gasteiger partial charge in [-0.1, -0.05) is 11.6 Å². The van der Waals surface area contributed by atoms with Crippen LogP contribution in [0.15, 0.2) is 34.5 Å². The van der Waals surface area contributed by atoms with Gasteiger partial charge in [-0.2, -0.15) is 0 Å². The third kappa shape index (κ3) is 5.25. The second kappa shape index (κ2) is 7.97. The third-order valence-corrected chi connectivity index (χ3v) is 3.97. The van der Waals surface area contributed by atoms with E-state index < -0.39 is 17.4 Å². The van der Waals surface area contributed by atoms with Crippen LogP contribution in [0.25, 0.3) is 0 Å². The van der Waals surface area contributed by atoms with Gasteiger partial charge in [-0.3, -0.25) is 9.59 Å². The summed E-state index contributed by atoms with van der Waals surface area (Å²) in [5.41, 5.74) is -0.00971. The highest BCUT2D eigenvalue weighted by Crippen LogP contribution is 2.20. The highest BCUT2D eigenvalue weighted by Gasteiger charge is 2.27. The molecule has 0 fully saturated rings. The minimum atomic E-state index is -1.35. The van der Waals surface area contributed by atoms with E-state index >= 15 is 0 Å². The first kappa shape index (κ1) is 17.3. The van der Waals surface area contributed by atoms with Gasteiger partial charge in [0, 0.05) is 6.54 Å². The highest BCUT2D eigenvalue weighted by atomic mass is 16.4. The Balaban J connectivity index is 1.70. The van der Waals surface area contributed by atoms with Crippen LogP contribution in [0.5, 0.6) is 0 Å². The first-order valence-electron chi connectivity index (χ1n) is 7.99. The monoisotopic (exact) mass is 320 g/mol. The van der Waals surface area contributed by atoms with Crippen LogP contribution in [0.3, 0.4) is 0 Å². The predicted octanol–water partition coefficient (Wildman–Crippen LogP) is 1.61. The lowest BCUT2D eigenvalue weighted by molar-refractivity contribution is -0.139. The maximum Gasteiger partial charge on any atom is 0.309 e. The largest absolute Gasteiger partial charge is 0.466 e. The SMILES string of the molecule is C[C@@](O)(CNC(=O)C(=O)NCCC1=CCCCC1)c1ccco1. The van der Waals surface area contributed by atoms with Crippen LogP contribution in [0.4, 0.5) is 0 Å². The molecular formula is C17H24N2O4. The number of furan rings is 1. The van der Waals surface area contributed by atoms with Gasteiger partial charge < -0.3 is 20.2 Å². The zero-order valence-corrected chi connectivity index (χ0v) is 13.4. The van der Waals surface area contributed by atoms with Crippen molar-refractivity contribution in [3.63, 3.8) is 0 Å². The number of carbonyl (C=O) groups is 2. The summed E-state index contributed by atoms with van der Waals surface area (Å²) in [5, 5.41) is 15.2. The quantitative estimate of drug-likeness (QED) is 0.548. The van der Waals surface area contributed by atoms with E-state index in [4.69, 9.17) is 4.42 Å². The van der Waals surface area contributed by atoms with E-state index in [0.29, 0.717) is 12.3 Å². The summed E-state index contributed by atoms with van der Waals surface area (Å²) in [6.45, 7) is 1.87. The molecule has 23 heavy (non-hydrogen) atoms. The lowest BCUT2D eigenvalue weighted by atomic mass is 9.97. The van der Waals surface area contributed by atoms with E-state index in [1.807, 2.05) is 0 Å². The fourth-order valence-electron chi connectivity index (χ4n) is 2.55. The number of aliphatic hydroxyl groups is 1. The molecule has 2 rings (SSSR count). The Hall–Kier alpha value is -2.08. The summed E-state index contributed by atoms with van der Waals surface area (Å²) in [6, 6.07) is 3.27. The molecule has 0 radical (unpaired) electrons. The lowest BCUT2D eigenvalue weighted by Gasteiger charge is -2.20. The second-order valence-electron chi connectivity index (χ2n) is 6.05. The topological polar surface area (TPSA) is 91.6 Å². The predicted molar refractivity (Wildman–Crippen MR) is 85.5 cm³/mol. The summed E-state index contributed by atoms with van der Waals surface area (Å²) in [4.78, 5) is 23.5. The van der Waals surface area contributed by atoms with Crippen LogP contribution in [-0.4, -0.2) is 30.0 Å². The van der Waals surface area contributed by atoms with Crippen LogP contribution < -0.4 is 10.6 Å². The number of carbonyl (C=O) groups excluding carboxylic acids is 2. The molecule has 0 saturated carbocycles.